The Hall–Kier alpha value is -2.31. The second kappa shape index (κ2) is 7.51. The van der Waals surface area contributed by atoms with Crippen molar-refractivity contribution in [2.24, 2.45) is 0 Å². The summed E-state index contributed by atoms with van der Waals surface area (Å²) in [5, 5.41) is 10.5. The van der Waals surface area contributed by atoms with Gasteiger partial charge in [-0.1, -0.05) is 19.8 Å². The number of rotatable bonds is 6. The van der Waals surface area contributed by atoms with E-state index in [1.54, 1.807) is 12.5 Å². The average Bonchev–Trinajstić information content (AvgIpc) is 3.30. The maximum atomic E-state index is 12.4. The SMILES string of the molecule is CCC(Cn1ccnc1)NC(=O)Nc1c(C)cnn1C1CCCC1. The van der Waals surface area contributed by atoms with E-state index in [9.17, 15) is 4.79 Å². The molecular formula is C17H26N6O. The van der Waals surface area contributed by atoms with Gasteiger partial charge in [0.05, 0.1) is 18.6 Å². The molecule has 1 atom stereocenters. The monoisotopic (exact) mass is 330 g/mol. The molecule has 2 aromatic rings. The molecule has 130 valence electrons. The Kier molecular flexibility index (Phi) is 5.17. The minimum atomic E-state index is -0.176. The highest BCUT2D eigenvalue weighted by Gasteiger charge is 2.22. The van der Waals surface area contributed by atoms with Crippen molar-refractivity contribution in [3.63, 3.8) is 0 Å². The first-order valence-corrected chi connectivity index (χ1v) is 8.74. The van der Waals surface area contributed by atoms with Crippen molar-refractivity contribution < 1.29 is 4.79 Å². The average molecular weight is 330 g/mol. The summed E-state index contributed by atoms with van der Waals surface area (Å²) in [5.41, 5.74) is 1.000. The third-order valence-corrected chi connectivity index (χ3v) is 4.70. The molecule has 0 saturated heterocycles. The first-order valence-electron chi connectivity index (χ1n) is 8.74. The number of urea groups is 1. The van der Waals surface area contributed by atoms with E-state index in [1.165, 1.54) is 12.8 Å². The summed E-state index contributed by atoms with van der Waals surface area (Å²) in [6.45, 7) is 4.76. The smallest absolute Gasteiger partial charge is 0.320 e. The Morgan fingerprint density at radius 1 is 1.42 bits per heavy atom. The summed E-state index contributed by atoms with van der Waals surface area (Å²) in [4.78, 5) is 16.5. The molecule has 2 N–H and O–H groups in total. The molecular weight excluding hydrogens is 304 g/mol. The van der Waals surface area contributed by atoms with Crippen LogP contribution in [0.5, 0.6) is 0 Å². The Balaban J connectivity index is 1.62. The third kappa shape index (κ3) is 3.77. The lowest BCUT2D eigenvalue weighted by atomic mass is 10.2. The lowest BCUT2D eigenvalue weighted by Gasteiger charge is -2.20. The molecule has 1 unspecified atom stereocenters. The van der Waals surface area contributed by atoms with Gasteiger partial charge in [0.2, 0.25) is 0 Å². The van der Waals surface area contributed by atoms with Crippen LogP contribution in [0.4, 0.5) is 10.6 Å². The van der Waals surface area contributed by atoms with Crippen LogP contribution in [0.25, 0.3) is 0 Å². The molecule has 1 fully saturated rings. The van der Waals surface area contributed by atoms with E-state index in [-0.39, 0.29) is 12.1 Å². The standard InChI is InChI=1S/C17H26N6O/c1-3-14(11-22-9-8-18-12-22)20-17(24)21-16-13(2)10-19-23(16)15-6-4-5-7-15/h8-10,12,14-15H,3-7,11H2,1-2H3,(H2,20,21,24). The minimum absolute atomic E-state index is 0.0577. The molecule has 1 saturated carbocycles. The number of anilines is 1. The highest BCUT2D eigenvalue weighted by molar-refractivity contribution is 5.89. The van der Waals surface area contributed by atoms with Crippen molar-refractivity contribution >= 4 is 11.8 Å². The second-order valence-electron chi connectivity index (χ2n) is 6.52. The Morgan fingerprint density at radius 3 is 2.88 bits per heavy atom. The van der Waals surface area contributed by atoms with Crippen molar-refractivity contribution in [1.29, 1.82) is 0 Å². The number of aryl methyl sites for hydroxylation is 1. The number of nitrogens with one attached hydrogen (secondary N) is 2. The lowest BCUT2D eigenvalue weighted by molar-refractivity contribution is 0.246. The van der Waals surface area contributed by atoms with Crippen molar-refractivity contribution in [3.8, 4) is 0 Å². The summed E-state index contributed by atoms with van der Waals surface area (Å²) in [6, 6.07) is 0.286. The molecule has 0 radical (unpaired) electrons. The highest BCUT2D eigenvalue weighted by atomic mass is 16.2. The maximum absolute atomic E-state index is 12.4. The molecule has 24 heavy (non-hydrogen) atoms. The van der Waals surface area contributed by atoms with E-state index in [2.05, 4.69) is 27.6 Å². The predicted molar refractivity (Wildman–Crippen MR) is 92.9 cm³/mol. The van der Waals surface area contributed by atoms with Gasteiger partial charge in [0.25, 0.3) is 0 Å². The van der Waals surface area contributed by atoms with Gasteiger partial charge in [-0.25, -0.2) is 14.5 Å². The van der Waals surface area contributed by atoms with E-state index < -0.39 is 0 Å². The summed E-state index contributed by atoms with van der Waals surface area (Å²) < 4.78 is 3.96. The van der Waals surface area contributed by atoms with Crippen molar-refractivity contribution in [1.82, 2.24) is 24.6 Å². The molecule has 1 aliphatic rings. The normalized spacial score (nSPS) is 16.2. The topological polar surface area (TPSA) is 76.8 Å². The van der Waals surface area contributed by atoms with Crippen LogP contribution < -0.4 is 10.6 Å². The largest absolute Gasteiger partial charge is 0.335 e. The number of hydrogen-bond donors (Lipinski definition) is 2. The first kappa shape index (κ1) is 16.5. The van der Waals surface area contributed by atoms with Gasteiger partial charge in [0.15, 0.2) is 0 Å². The lowest BCUT2D eigenvalue weighted by Crippen LogP contribution is -2.40. The molecule has 1 aliphatic carbocycles. The molecule has 2 amide bonds. The van der Waals surface area contributed by atoms with Gasteiger partial charge >= 0.3 is 6.03 Å². The van der Waals surface area contributed by atoms with E-state index in [4.69, 9.17) is 0 Å². The van der Waals surface area contributed by atoms with E-state index >= 15 is 0 Å². The van der Waals surface area contributed by atoms with Gasteiger partial charge in [0.1, 0.15) is 5.82 Å². The highest BCUT2D eigenvalue weighted by Crippen LogP contribution is 2.32. The first-order chi connectivity index (χ1) is 11.7. The number of imidazole rings is 1. The number of hydrogen-bond acceptors (Lipinski definition) is 3. The number of amides is 2. The van der Waals surface area contributed by atoms with Crippen LogP contribution in [-0.4, -0.2) is 31.4 Å². The van der Waals surface area contributed by atoms with Crippen LogP contribution in [0.15, 0.2) is 24.9 Å². The van der Waals surface area contributed by atoms with Crippen LogP contribution in [0, 0.1) is 6.92 Å². The fraction of sp³-hybridized carbons (Fsp3) is 0.588. The van der Waals surface area contributed by atoms with Crippen molar-refractivity contribution in [2.75, 3.05) is 5.32 Å². The third-order valence-electron chi connectivity index (χ3n) is 4.70. The van der Waals surface area contributed by atoms with Gasteiger partial charge in [-0.3, -0.25) is 5.32 Å². The van der Waals surface area contributed by atoms with Crippen LogP contribution in [0.1, 0.15) is 50.6 Å². The zero-order chi connectivity index (χ0) is 16.9. The number of carbonyl (C=O) groups excluding carboxylic acids is 1. The Morgan fingerprint density at radius 2 is 2.21 bits per heavy atom. The molecule has 7 nitrogen and oxygen atoms in total. The Labute approximate surface area is 142 Å². The summed E-state index contributed by atoms with van der Waals surface area (Å²) >= 11 is 0. The zero-order valence-electron chi connectivity index (χ0n) is 14.4. The van der Waals surface area contributed by atoms with E-state index in [0.29, 0.717) is 12.6 Å². The fourth-order valence-electron chi connectivity index (χ4n) is 3.28. The zero-order valence-corrected chi connectivity index (χ0v) is 14.4. The molecule has 0 aliphatic heterocycles. The van der Waals surface area contributed by atoms with Gasteiger partial charge in [-0.2, -0.15) is 5.10 Å². The van der Waals surface area contributed by atoms with Crippen LogP contribution in [0.2, 0.25) is 0 Å². The molecule has 2 aromatic heterocycles. The van der Waals surface area contributed by atoms with Crippen LogP contribution in [0.3, 0.4) is 0 Å². The van der Waals surface area contributed by atoms with E-state index in [0.717, 1.165) is 30.6 Å². The number of nitrogens with zero attached hydrogens (tertiary/aromatic N) is 4. The predicted octanol–water partition coefficient (Wildman–Crippen LogP) is 3.10. The fourth-order valence-corrected chi connectivity index (χ4v) is 3.28. The summed E-state index contributed by atoms with van der Waals surface area (Å²) in [6.07, 6.45) is 12.8. The van der Waals surface area contributed by atoms with Gasteiger partial charge in [0, 0.05) is 30.5 Å². The molecule has 0 bridgehead atoms. The quantitative estimate of drug-likeness (QED) is 0.854. The Bertz CT molecular complexity index is 657. The molecule has 3 rings (SSSR count). The number of carbonyl (C=O) groups is 1. The molecule has 0 spiro atoms. The molecule has 0 aromatic carbocycles. The molecule has 7 heteroatoms. The maximum Gasteiger partial charge on any atom is 0.320 e. The molecule has 2 heterocycles. The number of aromatic nitrogens is 4. The van der Waals surface area contributed by atoms with Gasteiger partial charge in [-0.05, 0) is 26.2 Å². The van der Waals surface area contributed by atoms with Gasteiger partial charge < -0.3 is 9.88 Å². The summed E-state index contributed by atoms with van der Waals surface area (Å²) in [7, 11) is 0. The van der Waals surface area contributed by atoms with Crippen molar-refractivity contribution in [3.05, 3.63) is 30.5 Å². The van der Waals surface area contributed by atoms with Crippen molar-refractivity contribution in [2.45, 2.75) is 64.6 Å². The van der Waals surface area contributed by atoms with E-state index in [1.807, 2.05) is 28.6 Å². The van der Waals surface area contributed by atoms with Crippen LogP contribution in [-0.2, 0) is 6.54 Å². The van der Waals surface area contributed by atoms with Gasteiger partial charge in [-0.15, -0.1) is 0 Å². The second-order valence-corrected chi connectivity index (χ2v) is 6.52. The van der Waals surface area contributed by atoms with Crippen LogP contribution >= 0.6 is 0 Å². The minimum Gasteiger partial charge on any atom is -0.335 e. The summed E-state index contributed by atoms with van der Waals surface area (Å²) in [5.74, 6) is 0.817.